The highest BCUT2D eigenvalue weighted by atomic mass is 35.5. The normalized spacial score (nSPS) is 12.6. The van der Waals surface area contributed by atoms with Crippen LogP contribution >= 0.6 is 22.9 Å². The van der Waals surface area contributed by atoms with E-state index in [0.717, 1.165) is 12.1 Å². The van der Waals surface area contributed by atoms with Gasteiger partial charge in [-0.25, -0.2) is 8.78 Å². The van der Waals surface area contributed by atoms with Gasteiger partial charge in [0.05, 0.1) is 5.92 Å². The van der Waals surface area contributed by atoms with E-state index in [1.54, 1.807) is 6.92 Å². The van der Waals surface area contributed by atoms with E-state index in [1.807, 2.05) is 0 Å². The topological polar surface area (TPSA) is 46.5 Å². The summed E-state index contributed by atoms with van der Waals surface area (Å²) in [5.74, 6) is -4.99. The fourth-order valence-corrected chi connectivity index (χ4v) is 4.42. The number of benzene rings is 2. The SMILES string of the molecule is CCC(Cc1cc(F)c(OCc2c(-c3ccc(Cl)cc3)csc2C(F)(F)F)c(F)c1)C(=O)O. The first-order valence-corrected chi connectivity index (χ1v) is 11.0. The molecule has 1 aromatic heterocycles. The average Bonchev–Trinajstić information content (AvgIpc) is 3.16. The van der Waals surface area contributed by atoms with E-state index in [1.165, 1.54) is 29.6 Å². The fourth-order valence-electron chi connectivity index (χ4n) is 3.34. The van der Waals surface area contributed by atoms with E-state index in [0.29, 0.717) is 21.9 Å². The van der Waals surface area contributed by atoms with Crippen LogP contribution in [0.3, 0.4) is 0 Å². The zero-order valence-electron chi connectivity index (χ0n) is 17.2. The molecule has 10 heteroatoms. The molecule has 0 saturated heterocycles. The number of halogens is 6. The number of hydrogen-bond donors (Lipinski definition) is 1. The van der Waals surface area contributed by atoms with Crippen LogP contribution in [0.5, 0.6) is 5.75 Å². The Labute approximate surface area is 195 Å². The molecule has 176 valence electrons. The molecule has 0 saturated carbocycles. The Morgan fingerprint density at radius 2 is 1.76 bits per heavy atom. The Morgan fingerprint density at radius 3 is 2.27 bits per heavy atom. The number of hydrogen-bond acceptors (Lipinski definition) is 3. The van der Waals surface area contributed by atoms with Crippen molar-refractivity contribution in [3.05, 3.63) is 74.4 Å². The van der Waals surface area contributed by atoms with Gasteiger partial charge in [0, 0.05) is 10.6 Å². The molecule has 0 aliphatic rings. The zero-order valence-corrected chi connectivity index (χ0v) is 18.8. The van der Waals surface area contributed by atoms with E-state index in [2.05, 4.69) is 0 Å². The van der Waals surface area contributed by atoms with Crippen molar-refractivity contribution >= 4 is 28.9 Å². The molecule has 3 aromatic rings. The summed E-state index contributed by atoms with van der Waals surface area (Å²) in [6, 6.07) is 7.98. The summed E-state index contributed by atoms with van der Waals surface area (Å²) >= 11 is 6.30. The molecule has 0 bridgehead atoms. The Morgan fingerprint density at radius 1 is 1.15 bits per heavy atom. The largest absolute Gasteiger partial charge is 0.483 e. The van der Waals surface area contributed by atoms with E-state index in [4.69, 9.17) is 21.4 Å². The quantitative estimate of drug-likeness (QED) is 0.321. The zero-order chi connectivity index (χ0) is 24.3. The molecule has 0 aliphatic carbocycles. The standard InChI is InChI=1S/C23H18ClF5O3S/c1-2-13(22(30)31)7-12-8-18(25)20(19(26)9-12)32-10-16-17(11-33-21(16)23(27,28)29)14-3-5-15(24)6-4-14/h3-6,8-9,11,13H,2,7,10H2,1H3,(H,30,31). The van der Waals surface area contributed by atoms with Crippen molar-refractivity contribution in [3.63, 3.8) is 0 Å². The summed E-state index contributed by atoms with van der Waals surface area (Å²) in [6.07, 6.45) is -4.51. The van der Waals surface area contributed by atoms with Crippen LogP contribution in [0.15, 0.2) is 41.8 Å². The van der Waals surface area contributed by atoms with Gasteiger partial charge in [-0.3, -0.25) is 4.79 Å². The first kappa shape index (κ1) is 25.0. The monoisotopic (exact) mass is 504 g/mol. The minimum atomic E-state index is -4.68. The lowest BCUT2D eigenvalue weighted by Gasteiger charge is -2.15. The predicted octanol–water partition coefficient (Wildman–Crippen LogP) is 7.60. The molecular formula is C23H18ClF5O3S. The van der Waals surface area contributed by atoms with Crippen LogP contribution in [-0.4, -0.2) is 11.1 Å². The second-order valence-electron chi connectivity index (χ2n) is 7.29. The Kier molecular flexibility index (Phi) is 7.64. The van der Waals surface area contributed by atoms with Gasteiger partial charge in [-0.05, 0) is 59.2 Å². The Hall–Kier alpha value is -2.65. The number of ether oxygens (including phenoxy) is 1. The number of thiophene rings is 1. The molecule has 1 heterocycles. The summed E-state index contributed by atoms with van der Waals surface area (Å²) in [4.78, 5) is 10.2. The van der Waals surface area contributed by atoms with Gasteiger partial charge in [-0.15, -0.1) is 11.3 Å². The second kappa shape index (κ2) is 10.1. The van der Waals surface area contributed by atoms with Gasteiger partial charge in [0.25, 0.3) is 0 Å². The van der Waals surface area contributed by atoms with Crippen LogP contribution < -0.4 is 4.74 Å². The summed E-state index contributed by atoms with van der Waals surface area (Å²) in [5, 5.41) is 10.8. The smallest absolute Gasteiger partial charge is 0.426 e. The molecule has 1 unspecified atom stereocenters. The maximum absolute atomic E-state index is 14.6. The van der Waals surface area contributed by atoms with Crippen LogP contribution in [0.1, 0.15) is 29.3 Å². The first-order chi connectivity index (χ1) is 15.5. The molecule has 3 nitrogen and oxygen atoms in total. The van der Waals surface area contributed by atoms with Crippen molar-refractivity contribution in [2.75, 3.05) is 0 Å². The van der Waals surface area contributed by atoms with Crippen LogP contribution in [-0.2, 0) is 24.0 Å². The molecule has 2 aromatic carbocycles. The first-order valence-electron chi connectivity index (χ1n) is 9.78. The third kappa shape index (κ3) is 5.83. The highest BCUT2D eigenvalue weighted by Gasteiger charge is 2.37. The molecular weight excluding hydrogens is 487 g/mol. The molecule has 0 fully saturated rings. The van der Waals surface area contributed by atoms with Gasteiger partial charge in [0.15, 0.2) is 17.4 Å². The summed E-state index contributed by atoms with van der Waals surface area (Å²) < 4.78 is 74.9. The number of alkyl halides is 3. The lowest BCUT2D eigenvalue weighted by atomic mass is 9.97. The summed E-state index contributed by atoms with van der Waals surface area (Å²) in [7, 11) is 0. The Bertz CT molecular complexity index is 1120. The van der Waals surface area contributed by atoms with Crippen molar-refractivity contribution < 1.29 is 36.6 Å². The van der Waals surface area contributed by atoms with Gasteiger partial charge >= 0.3 is 12.1 Å². The van der Waals surface area contributed by atoms with Crippen molar-refractivity contribution in [1.29, 1.82) is 0 Å². The maximum Gasteiger partial charge on any atom is 0.426 e. The van der Waals surface area contributed by atoms with Crippen LogP contribution in [0.25, 0.3) is 11.1 Å². The number of carboxylic acids is 1. The van der Waals surface area contributed by atoms with Crippen LogP contribution in [0.4, 0.5) is 22.0 Å². The lowest BCUT2D eigenvalue weighted by Crippen LogP contribution is -2.15. The number of carbonyl (C=O) groups is 1. The molecule has 0 amide bonds. The highest BCUT2D eigenvalue weighted by molar-refractivity contribution is 7.10. The number of aliphatic carboxylic acids is 1. The number of rotatable bonds is 8. The molecule has 0 radical (unpaired) electrons. The van der Waals surface area contributed by atoms with E-state index in [9.17, 15) is 26.7 Å². The molecule has 33 heavy (non-hydrogen) atoms. The van der Waals surface area contributed by atoms with E-state index >= 15 is 0 Å². The second-order valence-corrected chi connectivity index (χ2v) is 8.60. The molecule has 0 aliphatic heterocycles. The van der Waals surface area contributed by atoms with Crippen LogP contribution in [0, 0.1) is 17.6 Å². The van der Waals surface area contributed by atoms with Gasteiger partial charge in [0.2, 0.25) is 0 Å². The van der Waals surface area contributed by atoms with E-state index in [-0.39, 0.29) is 29.5 Å². The summed E-state index contributed by atoms with van der Waals surface area (Å²) in [5.41, 5.74) is 0.517. The van der Waals surface area contributed by atoms with Gasteiger partial charge < -0.3 is 9.84 Å². The Balaban J connectivity index is 1.91. The third-order valence-electron chi connectivity index (χ3n) is 5.05. The minimum absolute atomic E-state index is 0.0938. The minimum Gasteiger partial charge on any atom is -0.483 e. The molecule has 1 atom stereocenters. The lowest BCUT2D eigenvalue weighted by molar-refractivity contribution is -0.141. The van der Waals surface area contributed by atoms with Crippen LogP contribution in [0.2, 0.25) is 5.02 Å². The fraction of sp³-hybridized carbons (Fsp3) is 0.261. The number of carboxylic acid groups (broad SMARTS) is 1. The van der Waals surface area contributed by atoms with Crippen molar-refractivity contribution in [2.45, 2.75) is 32.5 Å². The molecule has 3 rings (SSSR count). The van der Waals surface area contributed by atoms with Crippen molar-refractivity contribution in [3.8, 4) is 16.9 Å². The van der Waals surface area contributed by atoms with Crippen molar-refractivity contribution in [1.82, 2.24) is 0 Å². The molecule has 1 N–H and O–H groups in total. The van der Waals surface area contributed by atoms with E-state index < -0.39 is 46.9 Å². The highest BCUT2D eigenvalue weighted by Crippen LogP contribution is 2.42. The maximum atomic E-state index is 14.6. The van der Waals surface area contributed by atoms with Gasteiger partial charge in [-0.2, -0.15) is 13.2 Å². The molecule has 0 spiro atoms. The van der Waals surface area contributed by atoms with Crippen molar-refractivity contribution in [2.24, 2.45) is 5.92 Å². The average molecular weight is 505 g/mol. The third-order valence-corrected chi connectivity index (χ3v) is 6.37. The van der Waals surface area contributed by atoms with Gasteiger partial charge in [-0.1, -0.05) is 30.7 Å². The summed E-state index contributed by atoms with van der Waals surface area (Å²) in [6.45, 7) is 0.913. The van der Waals surface area contributed by atoms with Gasteiger partial charge in [0.1, 0.15) is 11.5 Å². The predicted molar refractivity (Wildman–Crippen MR) is 116 cm³/mol.